The van der Waals surface area contributed by atoms with Gasteiger partial charge in [-0.2, -0.15) is 0 Å². The molecule has 0 aromatic heterocycles. The number of carbonyl (C=O) groups is 2. The Morgan fingerprint density at radius 2 is 1.34 bits per heavy atom. The monoisotopic (exact) mass is 462 g/mol. The third-order valence-electron chi connectivity index (χ3n) is 3.67. The van der Waals surface area contributed by atoms with Crippen LogP contribution in [0.4, 0.5) is 0 Å². The zero-order chi connectivity index (χ0) is 21.6. The average Bonchev–Trinajstić information content (AvgIpc) is 2.72. The molecule has 2 aromatic rings. The zero-order valence-electron chi connectivity index (χ0n) is 15.7. The van der Waals surface area contributed by atoms with Crippen molar-refractivity contribution in [2.45, 2.75) is 0 Å². The lowest BCUT2D eigenvalue weighted by molar-refractivity contribution is -0.144. The van der Waals surface area contributed by atoms with Crippen LogP contribution in [0.5, 0.6) is 23.0 Å². The number of esters is 1. The highest BCUT2D eigenvalue weighted by molar-refractivity contribution is 6.43. The van der Waals surface area contributed by atoms with E-state index in [2.05, 4.69) is 0 Å². The molecule has 0 unspecified atom stereocenters. The first-order chi connectivity index (χ1) is 13.8. The van der Waals surface area contributed by atoms with Crippen LogP contribution in [0, 0.1) is 0 Å². The van der Waals surface area contributed by atoms with Crippen LogP contribution < -0.4 is 18.9 Å². The van der Waals surface area contributed by atoms with Gasteiger partial charge in [0.05, 0.1) is 36.4 Å². The van der Waals surface area contributed by atoms with Gasteiger partial charge in [0, 0.05) is 11.6 Å². The lowest BCUT2D eigenvalue weighted by Gasteiger charge is -2.14. The predicted octanol–water partition coefficient (Wildman–Crippen LogP) is 4.48. The molecule has 0 saturated heterocycles. The van der Waals surface area contributed by atoms with Crippen LogP contribution in [-0.2, 0) is 9.53 Å². The van der Waals surface area contributed by atoms with Gasteiger partial charge in [0.1, 0.15) is 5.75 Å². The number of methoxy groups -OCH3 is 3. The number of halogens is 3. The fourth-order valence-electron chi connectivity index (χ4n) is 2.26. The summed E-state index contributed by atoms with van der Waals surface area (Å²) in [6, 6.07) is 5.69. The van der Waals surface area contributed by atoms with E-state index < -0.39 is 25.0 Å². The van der Waals surface area contributed by atoms with Crippen molar-refractivity contribution in [1.82, 2.24) is 0 Å². The maximum atomic E-state index is 12.4. The molecule has 0 saturated carbocycles. The molecule has 0 atom stereocenters. The van der Waals surface area contributed by atoms with Gasteiger partial charge in [-0.3, -0.25) is 4.79 Å². The Kier molecular flexibility index (Phi) is 8.25. The summed E-state index contributed by atoms with van der Waals surface area (Å²) in [6.07, 6.45) is 0. The van der Waals surface area contributed by atoms with E-state index >= 15 is 0 Å². The van der Waals surface area contributed by atoms with Crippen molar-refractivity contribution in [3.05, 3.63) is 44.9 Å². The smallest absolute Gasteiger partial charge is 0.344 e. The molecular weight excluding hydrogens is 447 g/mol. The Bertz CT molecular complexity index is 890. The Labute approximate surface area is 182 Å². The first-order valence-electron chi connectivity index (χ1n) is 8.06. The lowest BCUT2D eigenvalue weighted by atomic mass is 10.1. The van der Waals surface area contributed by atoms with Gasteiger partial charge in [-0.15, -0.1) is 0 Å². The van der Waals surface area contributed by atoms with E-state index in [4.69, 9.17) is 58.5 Å². The average molecular weight is 464 g/mol. The molecule has 29 heavy (non-hydrogen) atoms. The fraction of sp³-hybridized carbons (Fsp3) is 0.263. The molecule has 0 aliphatic carbocycles. The molecule has 0 aliphatic rings. The van der Waals surface area contributed by atoms with Crippen molar-refractivity contribution >= 4 is 46.6 Å². The Morgan fingerprint density at radius 3 is 1.90 bits per heavy atom. The molecule has 0 aliphatic heterocycles. The minimum Gasteiger partial charge on any atom is -0.493 e. The van der Waals surface area contributed by atoms with Crippen LogP contribution in [0.25, 0.3) is 0 Å². The molecule has 10 heteroatoms. The molecule has 0 bridgehead atoms. The maximum absolute atomic E-state index is 12.4. The number of hydrogen-bond acceptors (Lipinski definition) is 7. The first-order valence-corrected chi connectivity index (χ1v) is 9.20. The summed E-state index contributed by atoms with van der Waals surface area (Å²) in [6.45, 7) is -0.976. The molecule has 0 fully saturated rings. The largest absolute Gasteiger partial charge is 0.493 e. The Morgan fingerprint density at radius 1 is 0.759 bits per heavy atom. The molecule has 7 nitrogen and oxygen atoms in total. The quantitative estimate of drug-likeness (QED) is 0.308. The molecule has 0 amide bonds. The van der Waals surface area contributed by atoms with Crippen LogP contribution in [0.1, 0.15) is 10.4 Å². The molecule has 0 N–H and O–H groups in total. The summed E-state index contributed by atoms with van der Waals surface area (Å²) in [5, 5.41) is 0.653. The second-order valence-electron chi connectivity index (χ2n) is 5.48. The van der Waals surface area contributed by atoms with Crippen molar-refractivity contribution in [2.24, 2.45) is 0 Å². The summed E-state index contributed by atoms with van der Waals surface area (Å²) in [5.41, 5.74) is 0.223. The van der Waals surface area contributed by atoms with Crippen LogP contribution in [-0.4, -0.2) is 46.3 Å². The summed E-state index contributed by atoms with van der Waals surface area (Å²) in [7, 11) is 4.30. The number of benzene rings is 2. The van der Waals surface area contributed by atoms with E-state index in [0.29, 0.717) is 17.2 Å². The standard InChI is InChI=1S/C19H17Cl3O7/c1-25-16-4-10(5-17(26-2)19(16)27-3)14(23)8-29-18(24)9-28-15-7-12(21)11(20)6-13(15)22/h4-7H,8-9H2,1-3H3. The van der Waals surface area contributed by atoms with Gasteiger partial charge in [-0.1, -0.05) is 34.8 Å². The van der Waals surface area contributed by atoms with Crippen LogP contribution in [0.15, 0.2) is 24.3 Å². The van der Waals surface area contributed by atoms with Crippen molar-refractivity contribution in [1.29, 1.82) is 0 Å². The number of Topliss-reactive ketones (excluding diaryl/α,β-unsaturated/α-hetero) is 1. The van der Waals surface area contributed by atoms with Crippen molar-refractivity contribution in [3.63, 3.8) is 0 Å². The molecule has 0 radical (unpaired) electrons. The molecule has 0 heterocycles. The minimum absolute atomic E-state index is 0.161. The maximum Gasteiger partial charge on any atom is 0.344 e. The van der Waals surface area contributed by atoms with E-state index in [-0.39, 0.29) is 26.4 Å². The third kappa shape index (κ3) is 5.82. The number of ether oxygens (including phenoxy) is 5. The minimum atomic E-state index is -0.770. The predicted molar refractivity (Wildman–Crippen MR) is 108 cm³/mol. The van der Waals surface area contributed by atoms with Crippen LogP contribution in [0.2, 0.25) is 15.1 Å². The van der Waals surface area contributed by atoms with Crippen molar-refractivity contribution < 1.29 is 33.3 Å². The highest BCUT2D eigenvalue weighted by Crippen LogP contribution is 2.38. The SMILES string of the molecule is COc1cc(C(=O)COC(=O)COc2cc(Cl)c(Cl)cc2Cl)cc(OC)c1OC. The van der Waals surface area contributed by atoms with Crippen LogP contribution >= 0.6 is 34.8 Å². The number of hydrogen-bond donors (Lipinski definition) is 0. The third-order valence-corrected chi connectivity index (χ3v) is 4.69. The van der Waals surface area contributed by atoms with Crippen LogP contribution in [0.3, 0.4) is 0 Å². The molecular formula is C19H17Cl3O7. The van der Waals surface area contributed by atoms with Gasteiger partial charge in [0.25, 0.3) is 0 Å². The lowest BCUT2D eigenvalue weighted by Crippen LogP contribution is -2.19. The van der Waals surface area contributed by atoms with Gasteiger partial charge < -0.3 is 23.7 Å². The highest BCUT2D eigenvalue weighted by Gasteiger charge is 2.18. The van der Waals surface area contributed by atoms with Gasteiger partial charge in [0.2, 0.25) is 11.5 Å². The van der Waals surface area contributed by atoms with E-state index in [0.717, 1.165) is 0 Å². The van der Waals surface area contributed by atoms with Gasteiger partial charge in [-0.05, 0) is 18.2 Å². The molecule has 156 valence electrons. The van der Waals surface area contributed by atoms with Crippen molar-refractivity contribution in [3.8, 4) is 23.0 Å². The van der Waals surface area contributed by atoms with E-state index in [1.54, 1.807) is 0 Å². The Balaban J connectivity index is 1.98. The number of ketones is 1. The zero-order valence-corrected chi connectivity index (χ0v) is 18.0. The van der Waals surface area contributed by atoms with Gasteiger partial charge in [-0.25, -0.2) is 4.79 Å². The van der Waals surface area contributed by atoms with E-state index in [9.17, 15) is 9.59 Å². The summed E-state index contributed by atoms with van der Waals surface area (Å²) >= 11 is 17.7. The molecule has 2 rings (SSSR count). The van der Waals surface area contributed by atoms with E-state index in [1.165, 1.54) is 45.6 Å². The highest BCUT2D eigenvalue weighted by atomic mass is 35.5. The first kappa shape index (κ1) is 22.9. The summed E-state index contributed by atoms with van der Waals surface area (Å²) < 4.78 is 25.8. The fourth-order valence-corrected chi connectivity index (χ4v) is 2.86. The molecule has 0 spiro atoms. The number of carbonyl (C=O) groups excluding carboxylic acids is 2. The molecule has 2 aromatic carbocycles. The summed E-state index contributed by atoms with van der Waals surface area (Å²) in [5.74, 6) is -0.124. The van der Waals surface area contributed by atoms with Crippen molar-refractivity contribution in [2.75, 3.05) is 34.5 Å². The second kappa shape index (κ2) is 10.4. The van der Waals surface area contributed by atoms with Gasteiger partial charge in [0.15, 0.2) is 24.7 Å². The number of rotatable bonds is 9. The topological polar surface area (TPSA) is 80.3 Å². The van der Waals surface area contributed by atoms with Gasteiger partial charge >= 0.3 is 5.97 Å². The Hall–Kier alpha value is -2.35. The summed E-state index contributed by atoms with van der Waals surface area (Å²) in [4.78, 5) is 24.3. The normalized spacial score (nSPS) is 10.3. The van der Waals surface area contributed by atoms with E-state index in [1.807, 2.05) is 0 Å². The second-order valence-corrected chi connectivity index (χ2v) is 6.70.